The maximum atomic E-state index is 12.4. The van der Waals surface area contributed by atoms with Crippen molar-refractivity contribution in [2.75, 3.05) is 5.32 Å². The molecule has 0 saturated heterocycles. The van der Waals surface area contributed by atoms with Gasteiger partial charge in [-0.05, 0) is 36.2 Å². The maximum Gasteiger partial charge on any atom is 0.228 e. The predicted molar refractivity (Wildman–Crippen MR) is 108 cm³/mol. The number of hydrogen-bond donors (Lipinski definition) is 3. The van der Waals surface area contributed by atoms with E-state index in [0.29, 0.717) is 17.7 Å². The van der Waals surface area contributed by atoms with E-state index >= 15 is 0 Å². The van der Waals surface area contributed by atoms with Crippen LogP contribution < -0.4 is 5.32 Å². The summed E-state index contributed by atoms with van der Waals surface area (Å²) < 4.78 is 0. The number of aromatic hydroxyl groups is 1. The van der Waals surface area contributed by atoms with Crippen molar-refractivity contribution < 1.29 is 15.0 Å². The number of aromatic nitrogens is 2. The number of nitrogens with zero attached hydrogens (tertiary/aromatic N) is 2. The molecular formula is C22H23N3O3. The summed E-state index contributed by atoms with van der Waals surface area (Å²) in [5, 5.41) is 23.2. The van der Waals surface area contributed by atoms with Crippen LogP contribution in [0.4, 0.5) is 5.82 Å². The molecule has 28 heavy (non-hydrogen) atoms. The Morgan fingerprint density at radius 1 is 1.11 bits per heavy atom. The van der Waals surface area contributed by atoms with Gasteiger partial charge in [0.05, 0.1) is 11.9 Å². The van der Waals surface area contributed by atoms with Crippen LogP contribution in [0.3, 0.4) is 0 Å². The zero-order valence-electron chi connectivity index (χ0n) is 15.8. The van der Waals surface area contributed by atoms with E-state index in [1.807, 2.05) is 32.0 Å². The Hall–Kier alpha value is -3.25. The van der Waals surface area contributed by atoms with Crippen molar-refractivity contribution in [3.63, 3.8) is 0 Å². The summed E-state index contributed by atoms with van der Waals surface area (Å²) in [6, 6.07) is 15.7. The first-order valence-corrected chi connectivity index (χ1v) is 9.19. The third-order valence-electron chi connectivity index (χ3n) is 4.64. The number of carbonyl (C=O) groups is 1. The van der Waals surface area contributed by atoms with E-state index in [2.05, 4.69) is 15.3 Å². The number of benzene rings is 2. The van der Waals surface area contributed by atoms with E-state index in [1.165, 1.54) is 0 Å². The lowest BCUT2D eigenvalue weighted by atomic mass is 10.0. The molecule has 0 aliphatic carbocycles. The van der Waals surface area contributed by atoms with Gasteiger partial charge in [0.25, 0.3) is 0 Å². The first-order valence-electron chi connectivity index (χ1n) is 9.19. The van der Waals surface area contributed by atoms with Crippen LogP contribution in [0.1, 0.15) is 37.6 Å². The van der Waals surface area contributed by atoms with Gasteiger partial charge in [0.2, 0.25) is 5.91 Å². The van der Waals surface area contributed by atoms with Gasteiger partial charge in [-0.1, -0.05) is 44.2 Å². The first kappa shape index (κ1) is 19.5. The highest BCUT2D eigenvalue weighted by Crippen LogP contribution is 2.29. The van der Waals surface area contributed by atoms with Crippen LogP contribution in [0.5, 0.6) is 5.75 Å². The number of aliphatic hydroxyl groups is 1. The molecule has 0 bridgehead atoms. The minimum Gasteiger partial charge on any atom is -0.508 e. The minimum atomic E-state index is -1.04. The van der Waals surface area contributed by atoms with Gasteiger partial charge in [-0.25, -0.2) is 9.97 Å². The number of aliphatic hydroxyl groups excluding tert-OH is 1. The highest BCUT2D eigenvalue weighted by atomic mass is 16.3. The molecule has 6 nitrogen and oxygen atoms in total. The summed E-state index contributed by atoms with van der Waals surface area (Å²) in [6.07, 6.45) is 1.19. The standard InChI is InChI=1S/C22H23N3O3/c1-3-14(2)22(28)25-21-19(20(27)16-7-5-4-6-8-16)24-18(13-23-21)15-9-11-17(26)12-10-15/h4-14,20,26-27H,3H2,1-2H3,(H,23,25,28). The van der Waals surface area contributed by atoms with Gasteiger partial charge in [0, 0.05) is 11.5 Å². The lowest BCUT2D eigenvalue weighted by molar-refractivity contribution is -0.119. The molecule has 3 aromatic rings. The average Bonchev–Trinajstić information content (AvgIpc) is 2.74. The molecule has 0 aliphatic rings. The highest BCUT2D eigenvalue weighted by molar-refractivity contribution is 5.92. The zero-order valence-corrected chi connectivity index (χ0v) is 15.8. The number of phenolic OH excluding ortho intramolecular Hbond substituents is 1. The van der Waals surface area contributed by atoms with E-state index in [4.69, 9.17) is 0 Å². The quantitative estimate of drug-likeness (QED) is 0.605. The van der Waals surface area contributed by atoms with Crippen LogP contribution in [-0.2, 0) is 4.79 Å². The molecule has 3 rings (SSSR count). The molecule has 0 fully saturated rings. The molecule has 0 radical (unpaired) electrons. The second-order valence-corrected chi connectivity index (χ2v) is 6.65. The van der Waals surface area contributed by atoms with Gasteiger partial charge in [-0.3, -0.25) is 4.79 Å². The number of rotatable bonds is 6. The fourth-order valence-electron chi connectivity index (χ4n) is 2.68. The van der Waals surface area contributed by atoms with Crippen molar-refractivity contribution >= 4 is 11.7 Å². The second kappa shape index (κ2) is 8.63. The lowest BCUT2D eigenvalue weighted by Gasteiger charge is -2.17. The molecule has 6 heteroatoms. The normalized spacial score (nSPS) is 13.0. The number of anilines is 1. The number of hydrogen-bond acceptors (Lipinski definition) is 5. The number of carbonyl (C=O) groups excluding carboxylic acids is 1. The third kappa shape index (κ3) is 4.35. The van der Waals surface area contributed by atoms with Crippen molar-refractivity contribution in [1.82, 2.24) is 9.97 Å². The van der Waals surface area contributed by atoms with Crippen LogP contribution in [0.15, 0.2) is 60.8 Å². The molecule has 3 N–H and O–H groups in total. The second-order valence-electron chi connectivity index (χ2n) is 6.65. The lowest BCUT2D eigenvalue weighted by Crippen LogP contribution is -2.22. The summed E-state index contributed by atoms with van der Waals surface area (Å²) in [7, 11) is 0. The van der Waals surface area contributed by atoms with Crippen LogP contribution >= 0.6 is 0 Å². The summed E-state index contributed by atoms with van der Waals surface area (Å²) in [4.78, 5) is 21.3. The van der Waals surface area contributed by atoms with Crippen molar-refractivity contribution in [2.24, 2.45) is 5.92 Å². The summed E-state index contributed by atoms with van der Waals surface area (Å²) in [6.45, 7) is 3.77. The van der Waals surface area contributed by atoms with Crippen molar-refractivity contribution in [3.05, 3.63) is 72.1 Å². The van der Waals surface area contributed by atoms with E-state index < -0.39 is 6.10 Å². The molecule has 1 aromatic heterocycles. The Bertz CT molecular complexity index is 943. The van der Waals surface area contributed by atoms with Crippen molar-refractivity contribution in [1.29, 1.82) is 0 Å². The molecule has 1 heterocycles. The summed E-state index contributed by atoms with van der Waals surface area (Å²) in [5.74, 6) is 0.0406. The van der Waals surface area contributed by atoms with Gasteiger partial charge in [-0.2, -0.15) is 0 Å². The van der Waals surface area contributed by atoms with Crippen LogP contribution in [0.2, 0.25) is 0 Å². The number of nitrogens with one attached hydrogen (secondary N) is 1. The molecule has 2 atom stereocenters. The first-order chi connectivity index (χ1) is 13.5. The van der Waals surface area contributed by atoms with E-state index in [9.17, 15) is 15.0 Å². The largest absolute Gasteiger partial charge is 0.508 e. The number of phenols is 1. The van der Waals surface area contributed by atoms with Crippen molar-refractivity contribution in [2.45, 2.75) is 26.4 Å². The minimum absolute atomic E-state index is 0.152. The van der Waals surface area contributed by atoms with Gasteiger partial charge in [0.1, 0.15) is 17.5 Å². The van der Waals surface area contributed by atoms with Gasteiger partial charge < -0.3 is 15.5 Å². The molecule has 144 valence electrons. The Balaban J connectivity index is 2.03. The Morgan fingerprint density at radius 2 is 1.79 bits per heavy atom. The van der Waals surface area contributed by atoms with E-state index in [-0.39, 0.29) is 29.1 Å². The molecule has 0 aliphatic heterocycles. The average molecular weight is 377 g/mol. The zero-order chi connectivity index (χ0) is 20.1. The smallest absolute Gasteiger partial charge is 0.228 e. The molecule has 0 spiro atoms. The molecule has 1 amide bonds. The monoisotopic (exact) mass is 377 g/mol. The van der Waals surface area contributed by atoms with Crippen LogP contribution in [-0.4, -0.2) is 26.1 Å². The Morgan fingerprint density at radius 3 is 2.43 bits per heavy atom. The predicted octanol–water partition coefficient (Wildman–Crippen LogP) is 3.92. The Kier molecular flexibility index (Phi) is 6.01. The summed E-state index contributed by atoms with van der Waals surface area (Å²) in [5.41, 5.74) is 2.20. The topological polar surface area (TPSA) is 95.3 Å². The number of amides is 1. The Labute approximate surface area is 163 Å². The van der Waals surface area contributed by atoms with Gasteiger partial charge in [0.15, 0.2) is 5.82 Å². The molecule has 2 aromatic carbocycles. The highest BCUT2D eigenvalue weighted by Gasteiger charge is 2.21. The molecular weight excluding hydrogens is 354 g/mol. The fraction of sp³-hybridized carbons (Fsp3) is 0.227. The summed E-state index contributed by atoms with van der Waals surface area (Å²) >= 11 is 0. The van der Waals surface area contributed by atoms with Crippen LogP contribution in [0, 0.1) is 5.92 Å². The molecule has 2 unspecified atom stereocenters. The molecule has 0 saturated carbocycles. The van der Waals surface area contributed by atoms with Crippen molar-refractivity contribution in [3.8, 4) is 17.0 Å². The SMILES string of the molecule is CCC(C)C(=O)Nc1ncc(-c2ccc(O)cc2)nc1C(O)c1ccccc1. The third-order valence-corrected chi connectivity index (χ3v) is 4.64. The van der Waals surface area contributed by atoms with Crippen LogP contribution in [0.25, 0.3) is 11.3 Å². The fourth-order valence-corrected chi connectivity index (χ4v) is 2.68. The van der Waals surface area contributed by atoms with E-state index in [1.54, 1.807) is 42.6 Å². The van der Waals surface area contributed by atoms with Gasteiger partial charge in [-0.15, -0.1) is 0 Å². The van der Waals surface area contributed by atoms with Gasteiger partial charge >= 0.3 is 0 Å². The van der Waals surface area contributed by atoms with E-state index in [0.717, 1.165) is 5.56 Å². The maximum absolute atomic E-state index is 12.4.